The van der Waals surface area contributed by atoms with Crippen molar-refractivity contribution < 1.29 is 38.2 Å². The molecule has 0 aliphatic carbocycles. The number of hydrogen-bond donors (Lipinski definition) is 0. The molecule has 9 nitrogen and oxygen atoms in total. The number of cyclic esters (lactones) is 2. The Morgan fingerprint density at radius 2 is 1.47 bits per heavy atom. The number of nitrogens with zero attached hydrogens (tertiary/aromatic N) is 1. The van der Waals surface area contributed by atoms with Crippen LogP contribution >= 0.6 is 34.3 Å². The topological polar surface area (TPSA) is 116 Å². The maximum absolute atomic E-state index is 13.6. The largest absolute Gasteiger partial charge is 0.422 e. The maximum Gasteiger partial charge on any atom is 0.353 e. The van der Waals surface area contributed by atoms with Gasteiger partial charge in [-0.2, -0.15) is 0 Å². The van der Waals surface area contributed by atoms with E-state index in [0.717, 1.165) is 26.7 Å². The number of thiophene rings is 2. The quantitative estimate of drug-likeness (QED) is 0.0843. The summed E-state index contributed by atoms with van der Waals surface area (Å²) in [5.41, 5.74) is 2.27. The third-order valence-electron chi connectivity index (χ3n) is 8.58. The number of aryl methyl sites for hydroxylation is 2. The minimum absolute atomic E-state index is 0.0575. The van der Waals surface area contributed by atoms with Crippen molar-refractivity contribution in [3.05, 3.63) is 121 Å². The number of halogens is 1. The molecule has 245 valence electrons. The molecule has 2 aromatic heterocycles. The molecular formula is C37H25ClNO8S2. The third-order valence-corrected chi connectivity index (χ3v) is 10.8. The Bertz CT molecular complexity index is 2130. The lowest BCUT2D eigenvalue weighted by atomic mass is 9.89. The SMILES string of the molecule is [CH]=CC1OC(C=Cc2ccccc2)C2C(=O)N(c3ccc(OC(=O)c4cc(C5=C(c6cc(Cl)sc6C)C(=O)OC5=O)c(C)s4)cc3)C(=O)C12. The minimum atomic E-state index is -0.811. The van der Waals surface area contributed by atoms with Crippen LogP contribution in [-0.2, 0) is 28.7 Å². The fraction of sp³-hybridized carbons (Fsp3) is 0.162. The Labute approximate surface area is 293 Å². The van der Waals surface area contributed by atoms with Gasteiger partial charge in [0.1, 0.15) is 10.6 Å². The first-order chi connectivity index (χ1) is 23.5. The third kappa shape index (κ3) is 5.78. The number of amides is 2. The Hall–Kier alpha value is -4.94. The summed E-state index contributed by atoms with van der Waals surface area (Å²) in [5, 5.41) is 0. The highest BCUT2D eigenvalue weighted by Crippen LogP contribution is 2.44. The number of benzene rings is 2. The van der Waals surface area contributed by atoms with Gasteiger partial charge in [-0.15, -0.1) is 22.7 Å². The summed E-state index contributed by atoms with van der Waals surface area (Å²) in [5.74, 6) is -4.50. The normalized spacial score (nSPS) is 22.0. The van der Waals surface area contributed by atoms with Gasteiger partial charge < -0.3 is 14.2 Å². The molecule has 12 heteroatoms. The van der Waals surface area contributed by atoms with E-state index >= 15 is 0 Å². The molecule has 7 rings (SSSR count). The predicted octanol–water partition coefficient (Wildman–Crippen LogP) is 6.87. The van der Waals surface area contributed by atoms with E-state index in [-0.39, 0.29) is 21.8 Å². The van der Waals surface area contributed by atoms with E-state index in [1.165, 1.54) is 47.7 Å². The number of esters is 3. The van der Waals surface area contributed by atoms with Crippen LogP contribution in [0.25, 0.3) is 17.2 Å². The van der Waals surface area contributed by atoms with Crippen molar-refractivity contribution >= 4 is 86.9 Å². The van der Waals surface area contributed by atoms with Crippen LogP contribution in [0, 0.1) is 32.3 Å². The van der Waals surface area contributed by atoms with Crippen molar-refractivity contribution in [2.75, 3.05) is 4.90 Å². The van der Waals surface area contributed by atoms with Crippen molar-refractivity contribution in [1.29, 1.82) is 0 Å². The molecule has 4 aromatic rings. The zero-order valence-electron chi connectivity index (χ0n) is 25.9. The van der Waals surface area contributed by atoms with Crippen LogP contribution in [0.15, 0.2) is 78.9 Å². The highest BCUT2D eigenvalue weighted by Gasteiger charge is 2.59. The highest BCUT2D eigenvalue weighted by atomic mass is 35.5. The minimum Gasteiger partial charge on any atom is -0.422 e. The summed E-state index contributed by atoms with van der Waals surface area (Å²) in [4.78, 5) is 68.5. The van der Waals surface area contributed by atoms with Gasteiger partial charge in [0, 0.05) is 20.9 Å². The van der Waals surface area contributed by atoms with E-state index in [4.69, 9.17) is 32.4 Å². The van der Waals surface area contributed by atoms with Crippen molar-refractivity contribution in [1.82, 2.24) is 0 Å². The molecule has 4 atom stereocenters. The lowest BCUT2D eigenvalue weighted by molar-refractivity contribution is -0.149. The van der Waals surface area contributed by atoms with E-state index in [9.17, 15) is 24.0 Å². The average Bonchev–Trinajstić information content (AvgIpc) is 3.86. The Balaban J connectivity index is 1.09. The molecule has 3 aliphatic heterocycles. The van der Waals surface area contributed by atoms with E-state index in [1.54, 1.807) is 26.0 Å². The number of anilines is 1. The van der Waals surface area contributed by atoms with Gasteiger partial charge in [0.15, 0.2) is 0 Å². The lowest BCUT2D eigenvalue weighted by Gasteiger charge is -2.19. The fourth-order valence-electron chi connectivity index (χ4n) is 6.33. The molecule has 2 amide bonds. The van der Waals surface area contributed by atoms with Gasteiger partial charge in [-0.1, -0.05) is 66.7 Å². The van der Waals surface area contributed by atoms with Gasteiger partial charge in [0.05, 0.1) is 45.2 Å². The van der Waals surface area contributed by atoms with Crippen molar-refractivity contribution in [2.45, 2.75) is 26.1 Å². The first-order valence-electron chi connectivity index (χ1n) is 15.1. The van der Waals surface area contributed by atoms with Crippen LogP contribution in [0.5, 0.6) is 5.75 Å². The number of imide groups is 1. The first kappa shape index (κ1) is 32.6. The number of carbonyl (C=O) groups is 5. The lowest BCUT2D eigenvalue weighted by Crippen LogP contribution is -2.35. The number of carbonyl (C=O) groups excluding carboxylic acids is 5. The van der Waals surface area contributed by atoms with Crippen LogP contribution < -0.4 is 9.64 Å². The van der Waals surface area contributed by atoms with Crippen molar-refractivity contribution in [2.24, 2.45) is 11.8 Å². The zero-order chi connectivity index (χ0) is 34.6. The number of fused-ring (bicyclic) bond motifs is 1. The van der Waals surface area contributed by atoms with Crippen molar-refractivity contribution in [3.8, 4) is 5.75 Å². The van der Waals surface area contributed by atoms with E-state index in [1.807, 2.05) is 36.4 Å². The Morgan fingerprint density at radius 3 is 2.08 bits per heavy atom. The summed E-state index contributed by atoms with van der Waals surface area (Å²) in [6, 6.07) is 18.6. The molecule has 4 unspecified atom stereocenters. The molecule has 1 radical (unpaired) electrons. The molecule has 2 fully saturated rings. The molecular weight excluding hydrogens is 686 g/mol. The second-order valence-corrected chi connectivity index (χ2v) is 14.6. The van der Waals surface area contributed by atoms with Crippen LogP contribution in [0.2, 0.25) is 4.34 Å². The summed E-state index contributed by atoms with van der Waals surface area (Å²) in [7, 11) is 0. The Morgan fingerprint density at radius 1 is 0.857 bits per heavy atom. The average molecular weight is 711 g/mol. The van der Waals surface area contributed by atoms with Crippen LogP contribution in [0.4, 0.5) is 5.69 Å². The van der Waals surface area contributed by atoms with Gasteiger partial charge in [-0.05, 0) is 55.8 Å². The van der Waals surface area contributed by atoms with Crippen molar-refractivity contribution in [3.63, 3.8) is 0 Å². The summed E-state index contributed by atoms with van der Waals surface area (Å²) >= 11 is 8.53. The van der Waals surface area contributed by atoms with Gasteiger partial charge in [0.2, 0.25) is 11.8 Å². The molecule has 5 heterocycles. The number of ether oxygens (including phenoxy) is 3. The summed E-state index contributed by atoms with van der Waals surface area (Å²) in [6.45, 7) is 9.32. The van der Waals surface area contributed by atoms with Gasteiger partial charge in [-0.3, -0.25) is 9.59 Å². The van der Waals surface area contributed by atoms with Gasteiger partial charge in [-0.25, -0.2) is 19.3 Å². The maximum atomic E-state index is 13.6. The van der Waals surface area contributed by atoms with Crippen LogP contribution in [0.1, 0.15) is 36.1 Å². The molecule has 0 spiro atoms. The summed E-state index contributed by atoms with van der Waals surface area (Å²) < 4.78 is 17.0. The second-order valence-electron chi connectivity index (χ2n) is 11.5. The van der Waals surface area contributed by atoms with E-state index < -0.39 is 53.8 Å². The van der Waals surface area contributed by atoms with Gasteiger partial charge >= 0.3 is 17.9 Å². The molecule has 49 heavy (non-hydrogen) atoms. The van der Waals surface area contributed by atoms with Gasteiger partial charge in [0.25, 0.3) is 0 Å². The first-order valence-corrected chi connectivity index (χ1v) is 17.1. The molecule has 0 saturated carbocycles. The Kier molecular flexibility index (Phi) is 8.53. The number of rotatable bonds is 8. The van der Waals surface area contributed by atoms with E-state index in [0.29, 0.717) is 26.0 Å². The second kappa shape index (κ2) is 12.8. The zero-order valence-corrected chi connectivity index (χ0v) is 28.3. The molecule has 0 bridgehead atoms. The standard InChI is InChI=1S/C37H25ClNO8S2/c1-4-25-31-32(26(46-25)15-10-20-8-6-5-7-9-20)34(41)39(33(31)40)21-11-13-22(14-12-21)45-35(42)27-16-23(18(2)48-27)29-30(37(44)47-36(29)43)24-17-28(38)49-19(24)3/h1,4-17,25-26,31-32H,2-3H3. The summed E-state index contributed by atoms with van der Waals surface area (Å²) in [6.07, 6.45) is 3.53. The monoisotopic (exact) mass is 710 g/mol. The highest BCUT2D eigenvalue weighted by molar-refractivity contribution is 7.16. The molecule has 2 saturated heterocycles. The van der Waals surface area contributed by atoms with E-state index in [2.05, 4.69) is 0 Å². The molecule has 2 aromatic carbocycles. The molecule has 0 N–H and O–H groups in total. The smallest absolute Gasteiger partial charge is 0.353 e. The number of hydrogen-bond acceptors (Lipinski definition) is 10. The van der Waals surface area contributed by atoms with Crippen LogP contribution in [0.3, 0.4) is 0 Å². The fourth-order valence-corrected chi connectivity index (χ4v) is 8.43. The van der Waals surface area contributed by atoms with Crippen LogP contribution in [-0.4, -0.2) is 41.9 Å². The molecule has 3 aliphatic rings. The predicted molar refractivity (Wildman–Crippen MR) is 185 cm³/mol.